The predicted molar refractivity (Wildman–Crippen MR) is 81.7 cm³/mol. The summed E-state index contributed by atoms with van der Waals surface area (Å²) in [4.78, 5) is 22.9. The molecule has 102 valence electrons. The zero-order chi connectivity index (χ0) is 14.5. The molecule has 0 spiro atoms. The molecule has 3 amide bonds. The molecule has 0 heterocycles. The molecule has 0 fully saturated rings. The van der Waals surface area contributed by atoms with Gasteiger partial charge in [0.25, 0.3) is 5.91 Å². The van der Waals surface area contributed by atoms with Gasteiger partial charge in [-0.3, -0.25) is 4.79 Å². The van der Waals surface area contributed by atoms with E-state index in [4.69, 9.17) is 5.73 Å². The molecule has 0 unspecified atom stereocenters. The van der Waals surface area contributed by atoms with Gasteiger partial charge in [-0.25, -0.2) is 4.79 Å². The van der Waals surface area contributed by atoms with E-state index < -0.39 is 6.03 Å². The number of carbonyl (C=O) groups excluding carboxylic acids is 2. The van der Waals surface area contributed by atoms with E-state index in [-0.39, 0.29) is 5.91 Å². The highest BCUT2D eigenvalue weighted by molar-refractivity contribution is 9.10. The zero-order valence-electron chi connectivity index (χ0n) is 10.4. The zero-order valence-corrected chi connectivity index (χ0v) is 12.0. The van der Waals surface area contributed by atoms with Crippen LogP contribution in [0.3, 0.4) is 0 Å². The Balaban J connectivity index is 2.15. The van der Waals surface area contributed by atoms with Crippen LogP contribution in [-0.4, -0.2) is 11.9 Å². The Kier molecular flexibility index (Phi) is 4.37. The Morgan fingerprint density at radius 2 is 1.60 bits per heavy atom. The topological polar surface area (TPSA) is 84.2 Å². The van der Waals surface area contributed by atoms with E-state index in [2.05, 4.69) is 26.6 Å². The highest BCUT2D eigenvalue weighted by Gasteiger charge is 2.07. The van der Waals surface area contributed by atoms with Gasteiger partial charge in [0, 0.05) is 21.4 Å². The Labute approximate surface area is 124 Å². The third kappa shape index (κ3) is 3.83. The summed E-state index contributed by atoms with van der Waals surface area (Å²) in [5, 5.41) is 5.19. The number of halogens is 1. The highest BCUT2D eigenvalue weighted by Crippen LogP contribution is 2.17. The van der Waals surface area contributed by atoms with Crippen LogP contribution in [0.5, 0.6) is 0 Å². The van der Waals surface area contributed by atoms with Gasteiger partial charge < -0.3 is 16.4 Å². The van der Waals surface area contributed by atoms with Crippen LogP contribution in [0.15, 0.2) is 53.0 Å². The van der Waals surface area contributed by atoms with Gasteiger partial charge in [0.1, 0.15) is 0 Å². The van der Waals surface area contributed by atoms with Crippen molar-refractivity contribution in [2.45, 2.75) is 0 Å². The molecule has 0 aliphatic rings. The Hall–Kier alpha value is -2.34. The van der Waals surface area contributed by atoms with Gasteiger partial charge in [-0.1, -0.05) is 28.1 Å². The maximum atomic E-state index is 12.1. The van der Waals surface area contributed by atoms with Crippen molar-refractivity contribution < 1.29 is 9.59 Å². The average Bonchev–Trinajstić information content (AvgIpc) is 2.38. The van der Waals surface area contributed by atoms with E-state index in [1.807, 2.05) is 12.1 Å². The molecule has 0 saturated carbocycles. The summed E-state index contributed by atoms with van der Waals surface area (Å²) in [6.07, 6.45) is 0. The molecular formula is C14H12BrN3O2. The average molecular weight is 334 g/mol. The second-order valence-corrected chi connectivity index (χ2v) is 4.95. The lowest BCUT2D eigenvalue weighted by molar-refractivity contribution is 0.102. The fourth-order valence-corrected chi connectivity index (χ4v) is 2.05. The second-order valence-electron chi connectivity index (χ2n) is 4.03. The molecule has 6 heteroatoms. The number of hydrogen-bond donors (Lipinski definition) is 3. The summed E-state index contributed by atoms with van der Waals surface area (Å²) in [5.74, 6) is -0.267. The number of nitrogens with two attached hydrogens (primary N) is 1. The predicted octanol–water partition coefficient (Wildman–Crippen LogP) is 3.19. The number of hydrogen-bond acceptors (Lipinski definition) is 2. The smallest absolute Gasteiger partial charge is 0.316 e. The fourth-order valence-electron chi connectivity index (χ4n) is 1.65. The lowest BCUT2D eigenvalue weighted by Gasteiger charge is -2.07. The first kappa shape index (κ1) is 14.1. The fraction of sp³-hybridized carbons (Fsp3) is 0. The van der Waals surface area contributed by atoms with Crippen LogP contribution in [0.25, 0.3) is 0 Å². The van der Waals surface area contributed by atoms with E-state index in [1.165, 1.54) is 0 Å². The summed E-state index contributed by atoms with van der Waals surface area (Å²) in [5.41, 5.74) is 6.61. The third-order valence-electron chi connectivity index (χ3n) is 2.47. The molecule has 2 aromatic carbocycles. The molecule has 2 aromatic rings. The molecule has 2 rings (SSSR count). The number of nitrogens with one attached hydrogen (secondary N) is 2. The van der Waals surface area contributed by atoms with Gasteiger partial charge in [-0.05, 0) is 36.4 Å². The number of benzene rings is 2. The Morgan fingerprint density at radius 1 is 0.950 bits per heavy atom. The van der Waals surface area contributed by atoms with E-state index in [9.17, 15) is 9.59 Å². The summed E-state index contributed by atoms with van der Waals surface area (Å²) in [6, 6.07) is 13.1. The summed E-state index contributed by atoms with van der Waals surface area (Å²) >= 11 is 3.33. The Morgan fingerprint density at radius 3 is 2.25 bits per heavy atom. The first-order valence-corrected chi connectivity index (χ1v) is 6.57. The molecule has 0 aliphatic carbocycles. The SMILES string of the molecule is NC(=O)Nc1cccc(C(=O)Nc2cccc(Br)c2)c1. The van der Waals surface area contributed by atoms with E-state index in [0.717, 1.165) is 4.47 Å². The van der Waals surface area contributed by atoms with Gasteiger partial charge in [0.05, 0.1) is 0 Å². The number of primary amides is 1. The van der Waals surface area contributed by atoms with Crippen molar-refractivity contribution in [1.82, 2.24) is 0 Å². The standard InChI is InChI=1S/C14H12BrN3O2/c15-10-4-2-6-12(8-10)17-13(19)9-3-1-5-11(7-9)18-14(16)20/h1-8H,(H,17,19)(H3,16,18,20). The monoisotopic (exact) mass is 333 g/mol. The van der Waals surface area contributed by atoms with Crippen LogP contribution in [0.2, 0.25) is 0 Å². The van der Waals surface area contributed by atoms with Crippen molar-refractivity contribution >= 4 is 39.2 Å². The van der Waals surface area contributed by atoms with Crippen LogP contribution in [0, 0.1) is 0 Å². The minimum Gasteiger partial charge on any atom is -0.351 e. The van der Waals surface area contributed by atoms with Gasteiger partial charge >= 0.3 is 6.03 Å². The van der Waals surface area contributed by atoms with Crippen molar-refractivity contribution in [3.05, 3.63) is 58.6 Å². The first-order chi connectivity index (χ1) is 9.54. The maximum Gasteiger partial charge on any atom is 0.316 e. The van der Waals surface area contributed by atoms with Crippen LogP contribution in [0.4, 0.5) is 16.2 Å². The van der Waals surface area contributed by atoms with E-state index in [0.29, 0.717) is 16.9 Å². The normalized spacial score (nSPS) is 9.85. The largest absolute Gasteiger partial charge is 0.351 e. The molecule has 0 radical (unpaired) electrons. The first-order valence-electron chi connectivity index (χ1n) is 5.78. The third-order valence-corrected chi connectivity index (χ3v) is 2.97. The Bertz CT molecular complexity index is 658. The number of amides is 3. The lowest BCUT2D eigenvalue weighted by atomic mass is 10.2. The van der Waals surface area contributed by atoms with Crippen LogP contribution in [0.1, 0.15) is 10.4 Å². The summed E-state index contributed by atoms with van der Waals surface area (Å²) in [7, 11) is 0. The van der Waals surface area contributed by atoms with Crippen molar-refractivity contribution in [2.75, 3.05) is 10.6 Å². The van der Waals surface area contributed by atoms with Crippen molar-refractivity contribution in [3.8, 4) is 0 Å². The van der Waals surface area contributed by atoms with Gasteiger partial charge in [-0.2, -0.15) is 0 Å². The molecule has 0 atom stereocenters. The summed E-state index contributed by atoms with van der Waals surface area (Å²) < 4.78 is 0.874. The van der Waals surface area contributed by atoms with E-state index >= 15 is 0 Å². The molecule has 0 bridgehead atoms. The molecular weight excluding hydrogens is 322 g/mol. The quantitative estimate of drug-likeness (QED) is 0.805. The molecule has 4 N–H and O–H groups in total. The molecule has 5 nitrogen and oxygen atoms in total. The maximum absolute atomic E-state index is 12.1. The molecule has 0 saturated heterocycles. The number of carbonyl (C=O) groups is 2. The highest BCUT2D eigenvalue weighted by atomic mass is 79.9. The lowest BCUT2D eigenvalue weighted by Crippen LogP contribution is -2.19. The molecule has 0 aromatic heterocycles. The van der Waals surface area contributed by atoms with Gasteiger partial charge in [0.15, 0.2) is 0 Å². The van der Waals surface area contributed by atoms with Gasteiger partial charge in [-0.15, -0.1) is 0 Å². The van der Waals surface area contributed by atoms with Crippen LogP contribution < -0.4 is 16.4 Å². The van der Waals surface area contributed by atoms with Crippen molar-refractivity contribution in [3.63, 3.8) is 0 Å². The van der Waals surface area contributed by atoms with Crippen molar-refractivity contribution in [2.24, 2.45) is 5.73 Å². The van der Waals surface area contributed by atoms with Gasteiger partial charge in [0.2, 0.25) is 0 Å². The second kappa shape index (κ2) is 6.21. The van der Waals surface area contributed by atoms with E-state index in [1.54, 1.807) is 36.4 Å². The number of rotatable bonds is 3. The minimum atomic E-state index is -0.672. The molecule has 0 aliphatic heterocycles. The molecule has 20 heavy (non-hydrogen) atoms. The summed E-state index contributed by atoms with van der Waals surface area (Å²) in [6.45, 7) is 0. The van der Waals surface area contributed by atoms with Crippen molar-refractivity contribution in [1.29, 1.82) is 0 Å². The number of anilines is 2. The van der Waals surface area contributed by atoms with Crippen LogP contribution in [-0.2, 0) is 0 Å². The number of urea groups is 1. The minimum absolute atomic E-state index is 0.267. The van der Waals surface area contributed by atoms with Crippen LogP contribution >= 0.6 is 15.9 Å².